The lowest BCUT2D eigenvalue weighted by molar-refractivity contribution is 1.02. The molecule has 0 bridgehead atoms. The highest BCUT2D eigenvalue weighted by atomic mass is 32.2. The van der Waals surface area contributed by atoms with Crippen molar-refractivity contribution in [2.75, 3.05) is 16.6 Å². The van der Waals surface area contributed by atoms with Gasteiger partial charge in [-0.2, -0.15) is 11.8 Å². The first-order valence-electron chi connectivity index (χ1n) is 3.12. The molecule has 1 aromatic heterocycles. The number of thioether (sulfide) groups is 2. The minimum absolute atomic E-state index is 0.550. The van der Waals surface area contributed by atoms with Gasteiger partial charge in [0.25, 0.3) is 0 Å². The highest BCUT2D eigenvalue weighted by Gasteiger charge is 1.99. The van der Waals surface area contributed by atoms with Crippen LogP contribution in [-0.4, -0.2) is 21.0 Å². The lowest BCUT2D eigenvalue weighted by Crippen LogP contribution is -1.79. The fraction of sp³-hybridized carbons (Fsp3) is 0.600. The Morgan fingerprint density at radius 1 is 1.55 bits per heavy atom. The van der Waals surface area contributed by atoms with Crippen molar-refractivity contribution in [1.29, 1.82) is 0 Å². The Morgan fingerprint density at radius 2 is 2.36 bits per heavy atom. The number of nitrogens with zero attached hydrogens (tertiary/aromatic N) is 2. The summed E-state index contributed by atoms with van der Waals surface area (Å²) < 4.78 is 0.962. The van der Waals surface area contributed by atoms with Crippen molar-refractivity contribution in [3.8, 4) is 0 Å². The van der Waals surface area contributed by atoms with Gasteiger partial charge in [0.2, 0.25) is 5.13 Å². The Hall–Kier alpha value is 0.0600. The third-order valence-electron chi connectivity index (χ3n) is 0.892. The van der Waals surface area contributed by atoms with Gasteiger partial charge in [0.1, 0.15) is 0 Å². The molecule has 2 N–H and O–H groups in total. The lowest BCUT2D eigenvalue weighted by Gasteiger charge is -1.91. The summed E-state index contributed by atoms with van der Waals surface area (Å²) in [6.45, 7) is 2.14. The SMILES string of the molecule is CCSCSc1nnc(N)s1. The summed E-state index contributed by atoms with van der Waals surface area (Å²) >= 11 is 5.01. The fourth-order valence-corrected chi connectivity index (χ4v) is 3.22. The number of rotatable bonds is 4. The maximum atomic E-state index is 5.41. The average molecular weight is 207 g/mol. The summed E-state index contributed by atoms with van der Waals surface area (Å²) in [7, 11) is 0. The van der Waals surface area contributed by atoms with E-state index >= 15 is 0 Å². The van der Waals surface area contributed by atoms with Crippen molar-refractivity contribution in [3.05, 3.63) is 0 Å². The fourth-order valence-electron chi connectivity index (χ4n) is 0.454. The third kappa shape index (κ3) is 3.31. The molecule has 1 rings (SSSR count). The summed E-state index contributed by atoms with van der Waals surface area (Å²) in [6.07, 6.45) is 0. The van der Waals surface area contributed by atoms with E-state index in [0.29, 0.717) is 5.13 Å². The molecule has 6 heteroatoms. The zero-order valence-corrected chi connectivity index (χ0v) is 8.56. The zero-order chi connectivity index (χ0) is 8.10. The summed E-state index contributed by atoms with van der Waals surface area (Å²) in [4.78, 5) is 0. The second-order valence-corrected chi connectivity index (χ2v) is 5.53. The van der Waals surface area contributed by atoms with E-state index in [9.17, 15) is 0 Å². The van der Waals surface area contributed by atoms with E-state index in [4.69, 9.17) is 5.73 Å². The quantitative estimate of drug-likeness (QED) is 0.464. The van der Waals surface area contributed by atoms with E-state index in [1.807, 2.05) is 11.8 Å². The number of nitrogen functional groups attached to an aromatic ring is 1. The van der Waals surface area contributed by atoms with Gasteiger partial charge in [0, 0.05) is 5.08 Å². The molecule has 0 unspecified atom stereocenters. The number of hydrogen-bond donors (Lipinski definition) is 1. The molecular weight excluding hydrogens is 198 g/mol. The number of hydrogen-bond acceptors (Lipinski definition) is 6. The summed E-state index contributed by atoms with van der Waals surface area (Å²) in [5, 5.41) is 9.18. The van der Waals surface area contributed by atoms with Crippen LogP contribution in [0.2, 0.25) is 0 Å². The maximum absolute atomic E-state index is 5.41. The van der Waals surface area contributed by atoms with Crippen LogP contribution in [-0.2, 0) is 0 Å². The summed E-state index contributed by atoms with van der Waals surface area (Å²) in [5.74, 6) is 1.14. The van der Waals surface area contributed by atoms with E-state index in [1.165, 1.54) is 11.3 Å². The second-order valence-electron chi connectivity index (χ2n) is 1.66. The number of anilines is 1. The van der Waals surface area contributed by atoms with Crippen LogP contribution in [0, 0.1) is 0 Å². The molecule has 0 atom stereocenters. The molecular formula is C5H9N3S3. The molecule has 0 fully saturated rings. The van der Waals surface area contributed by atoms with Crippen LogP contribution in [0.4, 0.5) is 5.13 Å². The molecule has 0 amide bonds. The Bertz CT molecular complexity index is 212. The molecule has 11 heavy (non-hydrogen) atoms. The molecule has 0 saturated carbocycles. The van der Waals surface area contributed by atoms with Gasteiger partial charge in [-0.25, -0.2) is 0 Å². The van der Waals surface area contributed by atoms with E-state index in [1.54, 1.807) is 11.8 Å². The van der Waals surface area contributed by atoms with Gasteiger partial charge in [0.15, 0.2) is 4.34 Å². The summed E-state index contributed by atoms with van der Waals surface area (Å²) in [5.41, 5.74) is 5.41. The van der Waals surface area contributed by atoms with Gasteiger partial charge in [0.05, 0.1) is 0 Å². The van der Waals surface area contributed by atoms with Crippen LogP contribution >= 0.6 is 34.9 Å². The van der Waals surface area contributed by atoms with E-state index in [0.717, 1.165) is 15.2 Å². The van der Waals surface area contributed by atoms with Gasteiger partial charge < -0.3 is 5.73 Å². The third-order valence-corrected chi connectivity index (χ3v) is 3.92. The molecule has 1 heterocycles. The predicted molar refractivity (Wildman–Crippen MR) is 53.2 cm³/mol. The molecule has 0 radical (unpaired) electrons. The highest BCUT2D eigenvalue weighted by Crippen LogP contribution is 2.26. The Balaban J connectivity index is 2.27. The zero-order valence-electron chi connectivity index (χ0n) is 6.11. The predicted octanol–water partition coefficient (Wildman–Crippen LogP) is 1.92. The standard InChI is InChI=1S/C5H9N3S3/c1-2-9-3-10-5-8-7-4(6)11-5/h2-3H2,1H3,(H2,6,7). The highest BCUT2D eigenvalue weighted by molar-refractivity contribution is 8.16. The van der Waals surface area contributed by atoms with E-state index in [2.05, 4.69) is 17.1 Å². The van der Waals surface area contributed by atoms with Crippen LogP contribution < -0.4 is 5.73 Å². The normalized spacial score (nSPS) is 10.3. The van der Waals surface area contributed by atoms with Crippen molar-refractivity contribution in [1.82, 2.24) is 10.2 Å². The molecule has 0 aliphatic carbocycles. The molecule has 0 aliphatic rings. The van der Waals surface area contributed by atoms with E-state index < -0.39 is 0 Å². The van der Waals surface area contributed by atoms with E-state index in [-0.39, 0.29) is 0 Å². The molecule has 3 nitrogen and oxygen atoms in total. The minimum atomic E-state index is 0.550. The first-order chi connectivity index (χ1) is 5.33. The van der Waals surface area contributed by atoms with Crippen molar-refractivity contribution < 1.29 is 0 Å². The Morgan fingerprint density at radius 3 is 2.91 bits per heavy atom. The minimum Gasteiger partial charge on any atom is -0.374 e. The Kier molecular flexibility index (Phi) is 4.03. The molecule has 0 aromatic carbocycles. The molecule has 1 aromatic rings. The van der Waals surface area contributed by atoms with Crippen molar-refractivity contribution in [3.63, 3.8) is 0 Å². The van der Waals surface area contributed by atoms with Crippen LogP contribution in [0.5, 0.6) is 0 Å². The van der Waals surface area contributed by atoms with Crippen LogP contribution in [0.1, 0.15) is 6.92 Å². The maximum Gasteiger partial charge on any atom is 0.203 e. The smallest absolute Gasteiger partial charge is 0.203 e. The molecule has 0 saturated heterocycles. The second kappa shape index (κ2) is 4.84. The van der Waals surface area contributed by atoms with Gasteiger partial charge in [-0.05, 0) is 5.75 Å². The number of aromatic nitrogens is 2. The van der Waals surface area contributed by atoms with Gasteiger partial charge in [-0.1, -0.05) is 30.0 Å². The molecule has 0 spiro atoms. The van der Waals surface area contributed by atoms with Crippen LogP contribution in [0.25, 0.3) is 0 Å². The van der Waals surface area contributed by atoms with Gasteiger partial charge >= 0.3 is 0 Å². The molecule has 62 valence electrons. The lowest BCUT2D eigenvalue weighted by atomic mass is 11.0. The van der Waals surface area contributed by atoms with Gasteiger partial charge in [-0.15, -0.1) is 10.2 Å². The van der Waals surface area contributed by atoms with Crippen LogP contribution in [0.3, 0.4) is 0 Å². The van der Waals surface area contributed by atoms with Crippen molar-refractivity contribution >= 4 is 40.0 Å². The Labute approximate surface area is 78.2 Å². The monoisotopic (exact) mass is 207 g/mol. The van der Waals surface area contributed by atoms with Crippen molar-refractivity contribution in [2.45, 2.75) is 11.3 Å². The largest absolute Gasteiger partial charge is 0.374 e. The average Bonchev–Trinajstić information content (AvgIpc) is 2.37. The topological polar surface area (TPSA) is 51.8 Å². The van der Waals surface area contributed by atoms with Crippen molar-refractivity contribution in [2.24, 2.45) is 0 Å². The van der Waals surface area contributed by atoms with Crippen LogP contribution in [0.15, 0.2) is 4.34 Å². The summed E-state index contributed by atoms with van der Waals surface area (Å²) in [6, 6.07) is 0. The van der Waals surface area contributed by atoms with Gasteiger partial charge in [-0.3, -0.25) is 0 Å². The molecule has 0 aliphatic heterocycles. The first-order valence-corrected chi connectivity index (χ1v) is 6.08. The first kappa shape index (κ1) is 9.15. The number of nitrogens with two attached hydrogens (primary N) is 1.